The Morgan fingerprint density at radius 2 is 1.82 bits per heavy atom. The Balaban J connectivity index is 1.62. The molecule has 3 nitrogen and oxygen atoms in total. The van der Waals surface area contributed by atoms with Gasteiger partial charge >= 0.3 is 0 Å². The molecule has 1 amide bonds. The minimum absolute atomic E-state index is 0.156. The number of methoxy groups -OCH3 is 1. The van der Waals surface area contributed by atoms with E-state index in [1.54, 1.807) is 7.11 Å². The van der Waals surface area contributed by atoms with Gasteiger partial charge < -0.3 is 9.64 Å². The number of ether oxygens (including phenoxy) is 1. The van der Waals surface area contributed by atoms with Crippen LogP contribution in [0.3, 0.4) is 0 Å². The third kappa shape index (κ3) is 2.08. The van der Waals surface area contributed by atoms with Gasteiger partial charge in [0.05, 0.1) is 7.11 Å². The molecule has 1 aliphatic heterocycles. The van der Waals surface area contributed by atoms with Gasteiger partial charge in [0.2, 0.25) is 0 Å². The fourth-order valence-electron chi connectivity index (χ4n) is 3.48. The Morgan fingerprint density at radius 1 is 1.09 bits per heavy atom. The summed E-state index contributed by atoms with van der Waals surface area (Å²) in [5.41, 5.74) is 3.51. The quantitative estimate of drug-likeness (QED) is 0.868. The summed E-state index contributed by atoms with van der Waals surface area (Å²) in [6.45, 7) is 1.51. The van der Waals surface area contributed by atoms with E-state index in [0.29, 0.717) is 6.54 Å². The summed E-state index contributed by atoms with van der Waals surface area (Å²) < 4.78 is 5.19. The molecule has 1 fully saturated rings. The lowest BCUT2D eigenvalue weighted by Gasteiger charge is -2.34. The van der Waals surface area contributed by atoms with Crippen molar-refractivity contribution in [2.45, 2.75) is 24.8 Å². The van der Waals surface area contributed by atoms with Gasteiger partial charge in [-0.2, -0.15) is 0 Å². The van der Waals surface area contributed by atoms with Crippen molar-refractivity contribution in [3.05, 3.63) is 65.2 Å². The van der Waals surface area contributed by atoms with Crippen LogP contribution in [0.4, 0.5) is 0 Å². The maximum absolute atomic E-state index is 12.8. The molecule has 2 aliphatic rings. The van der Waals surface area contributed by atoms with E-state index in [2.05, 4.69) is 6.07 Å². The van der Waals surface area contributed by atoms with Crippen LogP contribution in [0.1, 0.15) is 34.3 Å². The normalized spacial score (nSPS) is 18.2. The summed E-state index contributed by atoms with van der Waals surface area (Å²) >= 11 is 0. The lowest BCUT2D eigenvalue weighted by atomic mass is 9.86. The second-order valence-electron chi connectivity index (χ2n) is 6.34. The first-order chi connectivity index (χ1) is 10.7. The van der Waals surface area contributed by atoms with E-state index in [1.807, 2.05) is 47.4 Å². The maximum atomic E-state index is 12.8. The van der Waals surface area contributed by atoms with Gasteiger partial charge in [-0.25, -0.2) is 0 Å². The average Bonchev–Trinajstić information content (AvgIpc) is 3.34. The number of carbonyl (C=O) groups is 1. The molecule has 2 aromatic rings. The fraction of sp³-hybridized carbons (Fsp3) is 0.316. The number of rotatable bonds is 3. The Bertz CT molecular complexity index is 716. The number of fused-ring (bicyclic) bond motifs is 2. The predicted molar refractivity (Wildman–Crippen MR) is 85.1 cm³/mol. The number of hydrogen-bond acceptors (Lipinski definition) is 2. The van der Waals surface area contributed by atoms with Gasteiger partial charge in [0.25, 0.3) is 5.91 Å². The van der Waals surface area contributed by atoms with E-state index in [1.165, 1.54) is 18.4 Å². The van der Waals surface area contributed by atoms with E-state index in [-0.39, 0.29) is 11.3 Å². The highest BCUT2D eigenvalue weighted by Gasteiger charge is 2.51. The van der Waals surface area contributed by atoms with Crippen LogP contribution in [0.5, 0.6) is 5.75 Å². The van der Waals surface area contributed by atoms with Crippen LogP contribution in [0.2, 0.25) is 0 Å². The third-order valence-corrected chi connectivity index (χ3v) is 4.90. The van der Waals surface area contributed by atoms with E-state index in [0.717, 1.165) is 23.4 Å². The van der Waals surface area contributed by atoms with Crippen LogP contribution in [0.25, 0.3) is 0 Å². The summed E-state index contributed by atoms with van der Waals surface area (Å²) in [6.07, 6.45) is 2.38. The van der Waals surface area contributed by atoms with Gasteiger partial charge in [-0.1, -0.05) is 30.3 Å². The molecule has 1 spiro atoms. The van der Waals surface area contributed by atoms with Gasteiger partial charge in [-0.3, -0.25) is 4.79 Å². The van der Waals surface area contributed by atoms with E-state index < -0.39 is 0 Å². The summed E-state index contributed by atoms with van der Waals surface area (Å²) in [5, 5.41) is 0. The van der Waals surface area contributed by atoms with Gasteiger partial charge in [-0.15, -0.1) is 0 Å². The molecule has 1 saturated carbocycles. The van der Waals surface area contributed by atoms with E-state index in [9.17, 15) is 4.79 Å². The lowest BCUT2D eigenvalue weighted by Crippen LogP contribution is -2.42. The fourth-order valence-corrected chi connectivity index (χ4v) is 3.48. The highest BCUT2D eigenvalue weighted by atomic mass is 16.5. The number of carbonyl (C=O) groups excluding carboxylic acids is 1. The maximum Gasteiger partial charge on any atom is 0.254 e. The molecule has 0 aromatic heterocycles. The third-order valence-electron chi connectivity index (χ3n) is 4.90. The lowest BCUT2D eigenvalue weighted by molar-refractivity contribution is 0.0699. The smallest absolute Gasteiger partial charge is 0.254 e. The highest BCUT2D eigenvalue weighted by Crippen LogP contribution is 2.52. The molecule has 0 atom stereocenters. The van der Waals surface area contributed by atoms with Crippen molar-refractivity contribution >= 4 is 5.91 Å². The number of nitrogens with zero attached hydrogens (tertiary/aromatic N) is 1. The predicted octanol–water partition coefficient (Wildman–Crippen LogP) is 3.38. The molecule has 0 saturated heterocycles. The zero-order valence-corrected chi connectivity index (χ0v) is 12.7. The molecule has 3 heteroatoms. The number of hydrogen-bond donors (Lipinski definition) is 0. The molecule has 0 N–H and O–H groups in total. The Morgan fingerprint density at radius 3 is 2.50 bits per heavy atom. The minimum Gasteiger partial charge on any atom is -0.497 e. The zero-order valence-electron chi connectivity index (χ0n) is 12.7. The van der Waals surface area contributed by atoms with Crippen molar-refractivity contribution in [3.8, 4) is 5.75 Å². The number of amides is 1. The first-order valence-corrected chi connectivity index (χ1v) is 7.74. The van der Waals surface area contributed by atoms with Crippen LogP contribution in [0.15, 0.2) is 48.5 Å². The van der Waals surface area contributed by atoms with E-state index >= 15 is 0 Å². The molecular formula is C19H19NO2. The van der Waals surface area contributed by atoms with Gasteiger partial charge in [0.1, 0.15) is 5.75 Å². The van der Waals surface area contributed by atoms with Gasteiger partial charge in [-0.05, 0) is 42.2 Å². The van der Waals surface area contributed by atoms with Crippen LogP contribution in [-0.4, -0.2) is 24.5 Å². The highest BCUT2D eigenvalue weighted by molar-refractivity contribution is 5.97. The van der Waals surface area contributed by atoms with Crippen LogP contribution in [-0.2, 0) is 12.0 Å². The first-order valence-electron chi connectivity index (χ1n) is 7.74. The van der Waals surface area contributed by atoms with Gasteiger partial charge in [0, 0.05) is 24.1 Å². The Hall–Kier alpha value is -2.29. The van der Waals surface area contributed by atoms with Crippen LogP contribution in [0, 0.1) is 0 Å². The molecule has 1 aliphatic carbocycles. The van der Waals surface area contributed by atoms with Crippen molar-refractivity contribution in [2.24, 2.45) is 0 Å². The monoisotopic (exact) mass is 293 g/mol. The van der Waals surface area contributed by atoms with Crippen molar-refractivity contribution in [3.63, 3.8) is 0 Å². The van der Waals surface area contributed by atoms with E-state index in [4.69, 9.17) is 4.74 Å². The van der Waals surface area contributed by atoms with Crippen molar-refractivity contribution in [2.75, 3.05) is 13.7 Å². The molecule has 112 valence electrons. The molecular weight excluding hydrogens is 274 g/mol. The largest absolute Gasteiger partial charge is 0.497 e. The standard InChI is InChI=1S/C19H19NO2/c1-22-15-8-6-14(7-9-15)12-20-13-19(10-11-19)17-5-3-2-4-16(17)18(20)21/h2-9H,10-13H2,1H3. The molecule has 22 heavy (non-hydrogen) atoms. The molecule has 0 unspecified atom stereocenters. The second kappa shape index (κ2) is 4.87. The second-order valence-corrected chi connectivity index (χ2v) is 6.34. The minimum atomic E-state index is 0.156. The summed E-state index contributed by atoms with van der Waals surface area (Å²) in [4.78, 5) is 14.8. The number of benzene rings is 2. The topological polar surface area (TPSA) is 29.5 Å². The summed E-state index contributed by atoms with van der Waals surface area (Å²) in [7, 11) is 1.66. The summed E-state index contributed by atoms with van der Waals surface area (Å²) in [6, 6.07) is 16.1. The van der Waals surface area contributed by atoms with Crippen LogP contribution >= 0.6 is 0 Å². The SMILES string of the molecule is COc1ccc(CN2CC3(CC3)c3ccccc3C2=O)cc1. The average molecular weight is 293 g/mol. The van der Waals surface area contributed by atoms with Crippen molar-refractivity contribution in [1.29, 1.82) is 0 Å². The molecule has 4 rings (SSSR count). The molecule has 0 radical (unpaired) electrons. The van der Waals surface area contributed by atoms with Gasteiger partial charge in [0.15, 0.2) is 0 Å². The molecule has 0 bridgehead atoms. The van der Waals surface area contributed by atoms with Crippen molar-refractivity contribution < 1.29 is 9.53 Å². The Kier molecular flexibility index (Phi) is 2.96. The Labute approximate surface area is 130 Å². The summed E-state index contributed by atoms with van der Waals surface area (Å²) in [5.74, 6) is 1.00. The first kappa shape index (κ1) is 13.4. The van der Waals surface area contributed by atoms with Crippen LogP contribution < -0.4 is 4.74 Å². The molecule has 2 aromatic carbocycles. The zero-order chi connectivity index (χ0) is 15.2. The van der Waals surface area contributed by atoms with Crippen molar-refractivity contribution in [1.82, 2.24) is 4.90 Å². The molecule has 1 heterocycles.